The van der Waals surface area contributed by atoms with Gasteiger partial charge in [0.1, 0.15) is 18.1 Å². The second kappa shape index (κ2) is 15.3. The van der Waals surface area contributed by atoms with E-state index in [0.717, 1.165) is 12.2 Å². The molecule has 2 atom stereocenters. The second-order valence-electron chi connectivity index (χ2n) is 8.66. The summed E-state index contributed by atoms with van der Waals surface area (Å²) >= 11 is 0. The molecule has 0 spiro atoms. The predicted octanol–water partition coefficient (Wildman–Crippen LogP) is 5.40. The van der Waals surface area contributed by atoms with Crippen LogP contribution in [-0.4, -0.2) is 36.9 Å². The quantitative estimate of drug-likeness (QED) is 0.294. The SMILES string of the molecule is CCCCCCCCOc1ccc(C(=O)Nc2ccc(OCC(O)CC(C)CN)cc2)cc1. The number of aliphatic hydroxyl groups is 1. The molecular formula is C27H40N2O4. The molecule has 1 amide bonds. The van der Waals surface area contributed by atoms with Gasteiger partial charge in [-0.3, -0.25) is 4.79 Å². The molecule has 0 bridgehead atoms. The topological polar surface area (TPSA) is 93.8 Å². The molecule has 0 aliphatic rings. The van der Waals surface area contributed by atoms with Crippen molar-refractivity contribution >= 4 is 11.6 Å². The summed E-state index contributed by atoms with van der Waals surface area (Å²) in [4.78, 5) is 12.5. The van der Waals surface area contributed by atoms with Crippen LogP contribution in [0.5, 0.6) is 11.5 Å². The third kappa shape index (κ3) is 10.7. The summed E-state index contributed by atoms with van der Waals surface area (Å²) in [5.74, 6) is 1.49. The summed E-state index contributed by atoms with van der Waals surface area (Å²) in [5, 5.41) is 12.9. The van der Waals surface area contributed by atoms with Gasteiger partial charge in [-0.15, -0.1) is 0 Å². The van der Waals surface area contributed by atoms with Gasteiger partial charge in [0.25, 0.3) is 5.91 Å². The van der Waals surface area contributed by atoms with Crippen LogP contribution in [0, 0.1) is 5.92 Å². The number of carbonyl (C=O) groups excluding carboxylic acids is 1. The van der Waals surface area contributed by atoms with Gasteiger partial charge in [-0.25, -0.2) is 0 Å². The minimum absolute atomic E-state index is 0.183. The first-order chi connectivity index (χ1) is 16.0. The van der Waals surface area contributed by atoms with Gasteiger partial charge in [0.05, 0.1) is 12.7 Å². The third-order valence-corrected chi connectivity index (χ3v) is 5.51. The van der Waals surface area contributed by atoms with Crippen molar-refractivity contribution in [3.05, 3.63) is 54.1 Å². The smallest absolute Gasteiger partial charge is 0.255 e. The minimum Gasteiger partial charge on any atom is -0.494 e. The maximum absolute atomic E-state index is 12.5. The fraction of sp³-hybridized carbons (Fsp3) is 0.519. The van der Waals surface area contributed by atoms with E-state index in [0.29, 0.717) is 36.6 Å². The molecule has 182 valence electrons. The molecule has 0 aromatic heterocycles. The summed E-state index contributed by atoms with van der Waals surface area (Å²) in [6, 6.07) is 14.3. The van der Waals surface area contributed by atoms with Crippen molar-refractivity contribution in [1.82, 2.24) is 0 Å². The first-order valence-corrected chi connectivity index (χ1v) is 12.2. The summed E-state index contributed by atoms with van der Waals surface area (Å²) in [5.41, 5.74) is 6.83. The van der Waals surface area contributed by atoms with Crippen LogP contribution in [0.1, 0.15) is 69.2 Å². The molecule has 0 fully saturated rings. The summed E-state index contributed by atoms with van der Waals surface area (Å²) < 4.78 is 11.4. The van der Waals surface area contributed by atoms with E-state index in [1.807, 2.05) is 19.1 Å². The number of hydrogen-bond donors (Lipinski definition) is 3. The zero-order chi connectivity index (χ0) is 23.9. The Bertz CT molecular complexity index is 793. The average Bonchev–Trinajstić information content (AvgIpc) is 2.83. The molecule has 0 aliphatic carbocycles. The first kappa shape index (κ1) is 26.7. The highest BCUT2D eigenvalue weighted by Crippen LogP contribution is 2.19. The molecule has 2 aromatic rings. The average molecular weight is 457 g/mol. The lowest BCUT2D eigenvalue weighted by molar-refractivity contribution is 0.0880. The van der Waals surface area contributed by atoms with E-state index >= 15 is 0 Å². The van der Waals surface area contributed by atoms with Crippen molar-refractivity contribution in [2.45, 2.75) is 64.9 Å². The number of unbranched alkanes of at least 4 members (excludes halogenated alkanes) is 5. The Morgan fingerprint density at radius 2 is 1.55 bits per heavy atom. The van der Waals surface area contributed by atoms with E-state index in [1.54, 1.807) is 36.4 Å². The second-order valence-corrected chi connectivity index (χ2v) is 8.66. The highest BCUT2D eigenvalue weighted by atomic mass is 16.5. The summed E-state index contributed by atoms with van der Waals surface area (Å²) in [7, 11) is 0. The van der Waals surface area contributed by atoms with Crippen molar-refractivity contribution in [2.75, 3.05) is 25.1 Å². The number of hydrogen-bond acceptors (Lipinski definition) is 5. The van der Waals surface area contributed by atoms with Crippen molar-refractivity contribution in [3.8, 4) is 11.5 Å². The van der Waals surface area contributed by atoms with Crippen LogP contribution < -0.4 is 20.5 Å². The molecule has 33 heavy (non-hydrogen) atoms. The van der Waals surface area contributed by atoms with Crippen LogP contribution in [0.4, 0.5) is 5.69 Å². The molecule has 6 heteroatoms. The predicted molar refractivity (Wildman–Crippen MR) is 134 cm³/mol. The van der Waals surface area contributed by atoms with Crippen LogP contribution in [0.25, 0.3) is 0 Å². The van der Waals surface area contributed by atoms with E-state index in [-0.39, 0.29) is 18.4 Å². The normalized spacial score (nSPS) is 12.7. The van der Waals surface area contributed by atoms with Crippen molar-refractivity contribution in [1.29, 1.82) is 0 Å². The van der Waals surface area contributed by atoms with E-state index in [4.69, 9.17) is 15.2 Å². The van der Waals surface area contributed by atoms with E-state index in [2.05, 4.69) is 12.2 Å². The lowest BCUT2D eigenvalue weighted by Gasteiger charge is -2.16. The van der Waals surface area contributed by atoms with Gasteiger partial charge in [-0.1, -0.05) is 46.0 Å². The number of ether oxygens (including phenoxy) is 2. The first-order valence-electron chi connectivity index (χ1n) is 12.2. The number of carbonyl (C=O) groups is 1. The largest absolute Gasteiger partial charge is 0.494 e. The van der Waals surface area contributed by atoms with Gasteiger partial charge < -0.3 is 25.6 Å². The molecule has 2 aromatic carbocycles. The molecule has 2 unspecified atom stereocenters. The van der Waals surface area contributed by atoms with Crippen LogP contribution >= 0.6 is 0 Å². The van der Waals surface area contributed by atoms with Crippen molar-refractivity contribution in [3.63, 3.8) is 0 Å². The van der Waals surface area contributed by atoms with Gasteiger partial charge in [-0.2, -0.15) is 0 Å². The Kier molecular flexibility index (Phi) is 12.4. The number of nitrogens with two attached hydrogens (primary N) is 1. The third-order valence-electron chi connectivity index (χ3n) is 5.51. The molecule has 6 nitrogen and oxygen atoms in total. The van der Waals surface area contributed by atoms with Gasteiger partial charge in [-0.05, 0) is 73.8 Å². The highest BCUT2D eigenvalue weighted by Gasteiger charge is 2.10. The fourth-order valence-electron chi connectivity index (χ4n) is 3.43. The number of amides is 1. The minimum atomic E-state index is -0.555. The monoisotopic (exact) mass is 456 g/mol. The number of nitrogens with one attached hydrogen (secondary N) is 1. The van der Waals surface area contributed by atoms with Crippen LogP contribution in [0.2, 0.25) is 0 Å². The van der Waals surface area contributed by atoms with Gasteiger partial charge >= 0.3 is 0 Å². The van der Waals surface area contributed by atoms with Crippen LogP contribution in [0.15, 0.2) is 48.5 Å². The Labute approximate surface area is 198 Å². The van der Waals surface area contributed by atoms with Crippen LogP contribution in [0.3, 0.4) is 0 Å². The maximum Gasteiger partial charge on any atom is 0.255 e. The van der Waals surface area contributed by atoms with E-state index in [1.165, 1.54) is 32.1 Å². The number of benzene rings is 2. The Morgan fingerprint density at radius 3 is 2.21 bits per heavy atom. The molecule has 2 rings (SSSR count). The maximum atomic E-state index is 12.5. The van der Waals surface area contributed by atoms with Crippen LogP contribution in [-0.2, 0) is 0 Å². The zero-order valence-corrected chi connectivity index (χ0v) is 20.1. The fourth-order valence-corrected chi connectivity index (χ4v) is 3.43. The lowest BCUT2D eigenvalue weighted by Crippen LogP contribution is -2.23. The molecule has 0 radical (unpaired) electrons. The van der Waals surface area contributed by atoms with E-state index in [9.17, 15) is 9.90 Å². The molecule has 4 N–H and O–H groups in total. The standard InChI is InChI=1S/C27H40N2O4/c1-3-4-5-6-7-8-17-32-25-13-9-22(10-14-25)27(31)29-23-11-15-26(16-12-23)33-20-24(30)18-21(2)19-28/h9-16,21,24,30H,3-8,17-20,28H2,1-2H3,(H,29,31). The van der Waals surface area contributed by atoms with Crippen molar-refractivity contribution < 1.29 is 19.4 Å². The highest BCUT2D eigenvalue weighted by molar-refractivity contribution is 6.04. The van der Waals surface area contributed by atoms with Gasteiger partial charge in [0, 0.05) is 11.3 Å². The summed E-state index contributed by atoms with van der Waals surface area (Å²) in [6.07, 6.45) is 7.43. The number of anilines is 1. The lowest BCUT2D eigenvalue weighted by atomic mass is 10.0. The van der Waals surface area contributed by atoms with E-state index < -0.39 is 6.10 Å². The Hall–Kier alpha value is -2.57. The molecule has 0 heterocycles. The Balaban J connectivity index is 1.72. The zero-order valence-electron chi connectivity index (χ0n) is 20.1. The van der Waals surface area contributed by atoms with Crippen molar-refractivity contribution in [2.24, 2.45) is 11.7 Å². The molecule has 0 saturated heterocycles. The number of aliphatic hydroxyl groups excluding tert-OH is 1. The molecule has 0 saturated carbocycles. The Morgan fingerprint density at radius 1 is 0.939 bits per heavy atom. The number of rotatable bonds is 16. The van der Waals surface area contributed by atoms with Gasteiger partial charge in [0.2, 0.25) is 0 Å². The summed E-state index contributed by atoms with van der Waals surface area (Å²) in [6.45, 7) is 5.68. The van der Waals surface area contributed by atoms with Gasteiger partial charge in [0.15, 0.2) is 0 Å². The molecular weight excluding hydrogens is 416 g/mol. The molecule has 0 aliphatic heterocycles.